The van der Waals surface area contributed by atoms with E-state index in [0.717, 1.165) is 4.85 Å². The molecule has 0 atom stereocenters. The predicted molar refractivity (Wildman–Crippen MR) is 71.2 cm³/mol. The fraction of sp³-hybridized carbons (Fsp3) is 0.364. The SMILES string of the molecule is CCOP(=O)(OCC)On1nnc(=O)c2ccccc21. The number of aromatic nitrogens is 3. The summed E-state index contributed by atoms with van der Waals surface area (Å²) in [5.74, 6) is 0. The quantitative estimate of drug-likeness (QED) is 0.744. The molecule has 0 spiro atoms. The second-order valence-electron chi connectivity index (χ2n) is 3.65. The molecule has 0 aliphatic heterocycles. The zero-order valence-corrected chi connectivity index (χ0v) is 11.9. The molecule has 0 amide bonds. The van der Waals surface area contributed by atoms with E-state index in [0.29, 0.717) is 10.9 Å². The van der Waals surface area contributed by atoms with Crippen LogP contribution in [0.1, 0.15) is 13.8 Å². The van der Waals surface area contributed by atoms with Crippen molar-refractivity contribution in [3.63, 3.8) is 0 Å². The molecule has 20 heavy (non-hydrogen) atoms. The maximum atomic E-state index is 12.3. The molecule has 0 aliphatic rings. The molecule has 0 fully saturated rings. The molecule has 0 radical (unpaired) electrons. The van der Waals surface area contributed by atoms with E-state index in [2.05, 4.69) is 10.3 Å². The zero-order chi connectivity index (χ0) is 14.6. The Morgan fingerprint density at radius 1 is 1.20 bits per heavy atom. The van der Waals surface area contributed by atoms with Crippen molar-refractivity contribution in [2.24, 2.45) is 0 Å². The Morgan fingerprint density at radius 3 is 2.50 bits per heavy atom. The van der Waals surface area contributed by atoms with Gasteiger partial charge >= 0.3 is 7.82 Å². The molecule has 1 aromatic carbocycles. The van der Waals surface area contributed by atoms with Crippen LogP contribution in [0.2, 0.25) is 0 Å². The maximum Gasteiger partial charge on any atom is 0.550 e. The smallest absolute Gasteiger partial charge is 0.291 e. The van der Waals surface area contributed by atoms with Crippen LogP contribution in [0.15, 0.2) is 29.1 Å². The molecule has 0 aliphatic carbocycles. The van der Waals surface area contributed by atoms with Crippen LogP contribution in [-0.2, 0) is 13.6 Å². The number of phosphoric ester groups is 1. The van der Waals surface area contributed by atoms with Gasteiger partial charge in [0.05, 0.1) is 18.6 Å². The largest absolute Gasteiger partial charge is 0.550 e. The van der Waals surface area contributed by atoms with Crippen molar-refractivity contribution in [1.82, 2.24) is 15.2 Å². The average molecular weight is 299 g/mol. The van der Waals surface area contributed by atoms with Crippen molar-refractivity contribution in [2.75, 3.05) is 13.2 Å². The minimum absolute atomic E-state index is 0.142. The summed E-state index contributed by atoms with van der Waals surface area (Å²) >= 11 is 0. The van der Waals surface area contributed by atoms with E-state index in [9.17, 15) is 9.36 Å². The second-order valence-corrected chi connectivity index (χ2v) is 5.22. The van der Waals surface area contributed by atoms with Crippen molar-refractivity contribution in [3.8, 4) is 0 Å². The lowest BCUT2D eigenvalue weighted by atomic mass is 10.2. The number of phosphoric acid groups is 1. The highest BCUT2D eigenvalue weighted by molar-refractivity contribution is 7.48. The van der Waals surface area contributed by atoms with Gasteiger partial charge in [-0.05, 0) is 31.2 Å². The Hall–Kier alpha value is -1.76. The van der Waals surface area contributed by atoms with Gasteiger partial charge in [0.15, 0.2) is 0 Å². The molecule has 2 rings (SSSR count). The summed E-state index contributed by atoms with van der Waals surface area (Å²) in [6, 6.07) is 6.53. The lowest BCUT2D eigenvalue weighted by Gasteiger charge is -2.17. The Balaban J connectivity index is 2.45. The third kappa shape index (κ3) is 3.04. The molecular formula is C11H14N3O5P. The van der Waals surface area contributed by atoms with Gasteiger partial charge in [-0.25, -0.2) is 4.57 Å². The van der Waals surface area contributed by atoms with Gasteiger partial charge in [0.2, 0.25) is 0 Å². The molecule has 1 aromatic heterocycles. The molecule has 2 aromatic rings. The van der Waals surface area contributed by atoms with Crippen LogP contribution in [0.4, 0.5) is 0 Å². The van der Waals surface area contributed by atoms with E-state index in [1.165, 1.54) is 0 Å². The molecule has 0 bridgehead atoms. The standard InChI is InChI=1S/C11H14N3O5P/c1-3-17-20(16,18-4-2)19-14-10-8-6-5-7-9(10)11(15)12-13-14/h5-8H,3-4H2,1-2H3. The van der Waals surface area contributed by atoms with Crippen molar-refractivity contribution in [2.45, 2.75) is 13.8 Å². The molecule has 0 saturated heterocycles. The number of hydrogen-bond donors (Lipinski definition) is 0. The summed E-state index contributed by atoms with van der Waals surface area (Å²) in [4.78, 5) is 12.5. The number of rotatable bonds is 6. The minimum Gasteiger partial charge on any atom is -0.291 e. The number of para-hydroxylation sites is 1. The lowest BCUT2D eigenvalue weighted by Crippen LogP contribution is -2.22. The monoisotopic (exact) mass is 299 g/mol. The van der Waals surface area contributed by atoms with Gasteiger partial charge < -0.3 is 0 Å². The van der Waals surface area contributed by atoms with Crippen molar-refractivity contribution < 1.29 is 18.2 Å². The van der Waals surface area contributed by atoms with Gasteiger partial charge in [-0.1, -0.05) is 22.1 Å². The van der Waals surface area contributed by atoms with E-state index in [1.807, 2.05) is 0 Å². The van der Waals surface area contributed by atoms with Gasteiger partial charge in [0.25, 0.3) is 5.56 Å². The maximum absolute atomic E-state index is 12.3. The summed E-state index contributed by atoms with van der Waals surface area (Å²) in [6.07, 6.45) is 0. The highest BCUT2D eigenvalue weighted by atomic mass is 31.2. The molecule has 8 nitrogen and oxygen atoms in total. The molecule has 0 saturated carbocycles. The van der Waals surface area contributed by atoms with Gasteiger partial charge in [-0.3, -0.25) is 18.5 Å². The van der Waals surface area contributed by atoms with Crippen molar-refractivity contribution >= 4 is 18.7 Å². The van der Waals surface area contributed by atoms with Gasteiger partial charge in [0.1, 0.15) is 5.52 Å². The number of hydrogen-bond acceptors (Lipinski definition) is 7. The fourth-order valence-electron chi connectivity index (χ4n) is 1.56. The molecule has 108 valence electrons. The molecule has 0 unspecified atom stereocenters. The van der Waals surface area contributed by atoms with Crippen molar-refractivity contribution in [3.05, 3.63) is 34.6 Å². The number of benzene rings is 1. The first-order valence-electron chi connectivity index (χ1n) is 6.03. The third-order valence-electron chi connectivity index (χ3n) is 2.31. The van der Waals surface area contributed by atoms with Gasteiger partial charge in [-0.2, -0.15) is 0 Å². The first-order chi connectivity index (χ1) is 9.59. The fourth-order valence-corrected chi connectivity index (χ4v) is 2.67. The molecular weight excluding hydrogens is 285 g/mol. The predicted octanol–water partition coefficient (Wildman–Crippen LogP) is 1.40. The Kier molecular flexibility index (Phi) is 4.49. The summed E-state index contributed by atoms with van der Waals surface area (Å²) in [5.41, 5.74) is -0.171. The summed E-state index contributed by atoms with van der Waals surface area (Å²) < 4.78 is 27.4. The van der Waals surface area contributed by atoms with Crippen LogP contribution in [0, 0.1) is 0 Å². The summed E-state index contributed by atoms with van der Waals surface area (Å²) in [5, 5.41) is 7.26. The van der Waals surface area contributed by atoms with Crippen molar-refractivity contribution in [1.29, 1.82) is 0 Å². The molecule has 9 heteroatoms. The van der Waals surface area contributed by atoms with Crippen LogP contribution in [0.3, 0.4) is 0 Å². The van der Waals surface area contributed by atoms with Crippen LogP contribution < -0.4 is 10.2 Å². The summed E-state index contributed by atoms with van der Waals surface area (Å²) in [6.45, 7) is 3.60. The van der Waals surface area contributed by atoms with Crippen LogP contribution in [0.25, 0.3) is 10.9 Å². The molecule has 0 N–H and O–H groups in total. The number of fused-ring (bicyclic) bond motifs is 1. The van der Waals surface area contributed by atoms with Crippen LogP contribution in [0.5, 0.6) is 0 Å². The Labute approximate surface area is 114 Å². The van der Waals surface area contributed by atoms with E-state index in [1.54, 1.807) is 38.1 Å². The first-order valence-corrected chi connectivity index (χ1v) is 7.49. The summed E-state index contributed by atoms with van der Waals surface area (Å²) in [7, 11) is -3.80. The Morgan fingerprint density at radius 2 is 1.85 bits per heavy atom. The average Bonchev–Trinajstić information content (AvgIpc) is 2.43. The molecule has 1 heterocycles. The van der Waals surface area contributed by atoms with E-state index >= 15 is 0 Å². The lowest BCUT2D eigenvalue weighted by molar-refractivity contribution is 0.0987. The Bertz CT molecular complexity index is 692. The van der Waals surface area contributed by atoms with Crippen LogP contribution in [-0.4, -0.2) is 28.4 Å². The highest BCUT2D eigenvalue weighted by Crippen LogP contribution is 2.45. The van der Waals surface area contributed by atoms with E-state index in [-0.39, 0.29) is 13.2 Å². The topological polar surface area (TPSA) is 92.5 Å². The third-order valence-corrected chi connectivity index (χ3v) is 3.81. The van der Waals surface area contributed by atoms with E-state index < -0.39 is 13.4 Å². The van der Waals surface area contributed by atoms with Gasteiger partial charge in [0, 0.05) is 0 Å². The van der Waals surface area contributed by atoms with Crippen LogP contribution >= 0.6 is 7.82 Å². The van der Waals surface area contributed by atoms with E-state index in [4.69, 9.17) is 13.7 Å². The number of nitrogens with zero attached hydrogens (tertiary/aromatic N) is 3. The zero-order valence-electron chi connectivity index (χ0n) is 11.1. The minimum atomic E-state index is -3.80. The van der Waals surface area contributed by atoms with Gasteiger partial charge in [-0.15, -0.1) is 0 Å². The first kappa shape index (κ1) is 14.6. The highest BCUT2D eigenvalue weighted by Gasteiger charge is 2.29. The normalized spacial score (nSPS) is 11.7. The second kappa shape index (κ2) is 6.13.